The summed E-state index contributed by atoms with van der Waals surface area (Å²) in [5.41, 5.74) is 1.03. The average Bonchev–Trinajstić information content (AvgIpc) is 2.27. The van der Waals surface area contributed by atoms with E-state index in [9.17, 15) is 4.79 Å². The van der Waals surface area contributed by atoms with Gasteiger partial charge in [0.25, 0.3) is 0 Å². The highest BCUT2D eigenvalue weighted by Crippen LogP contribution is 2.28. The molecule has 0 heterocycles. The monoisotopic (exact) mass is 218 g/mol. The third-order valence-electron chi connectivity index (χ3n) is 2.48. The van der Waals surface area contributed by atoms with E-state index >= 15 is 0 Å². The minimum absolute atomic E-state index is 0.184. The minimum atomic E-state index is -0.246. The second kappa shape index (κ2) is 6.11. The van der Waals surface area contributed by atoms with Crippen molar-refractivity contribution in [1.29, 1.82) is 0 Å². The molecule has 0 spiro atoms. The molecule has 0 amide bonds. The summed E-state index contributed by atoms with van der Waals surface area (Å²) >= 11 is 0. The van der Waals surface area contributed by atoms with Crippen LogP contribution in [0, 0.1) is 5.92 Å². The molecule has 1 aromatic carbocycles. The molecule has 0 saturated heterocycles. The van der Waals surface area contributed by atoms with Crippen LogP contribution >= 0.6 is 0 Å². The molecule has 0 aliphatic heterocycles. The van der Waals surface area contributed by atoms with Gasteiger partial charge in [-0.15, -0.1) is 6.58 Å². The first-order chi connectivity index (χ1) is 7.65. The van der Waals surface area contributed by atoms with Crippen LogP contribution < -0.4 is 0 Å². The van der Waals surface area contributed by atoms with E-state index < -0.39 is 0 Å². The summed E-state index contributed by atoms with van der Waals surface area (Å²) in [6, 6.07) is 9.81. The molecule has 0 radical (unpaired) electrons. The van der Waals surface area contributed by atoms with Crippen molar-refractivity contribution in [3.8, 4) is 0 Å². The summed E-state index contributed by atoms with van der Waals surface area (Å²) in [4.78, 5) is 11.1. The molecule has 0 fully saturated rings. The van der Waals surface area contributed by atoms with Crippen LogP contribution in [0.3, 0.4) is 0 Å². The third kappa shape index (κ3) is 3.54. The Balaban J connectivity index is 2.86. The number of benzene rings is 1. The lowest BCUT2D eigenvalue weighted by Crippen LogP contribution is -2.16. The van der Waals surface area contributed by atoms with Gasteiger partial charge in [0, 0.05) is 12.8 Å². The molecular weight excluding hydrogens is 200 g/mol. The van der Waals surface area contributed by atoms with Crippen LogP contribution in [-0.4, -0.2) is 5.97 Å². The fourth-order valence-electron chi connectivity index (χ4n) is 1.72. The van der Waals surface area contributed by atoms with Gasteiger partial charge in [-0.05, 0) is 12.0 Å². The lowest BCUT2D eigenvalue weighted by atomic mass is 9.94. The van der Waals surface area contributed by atoms with E-state index in [0.717, 1.165) is 12.0 Å². The molecule has 86 valence electrons. The maximum absolute atomic E-state index is 11.1. The second-order valence-electron chi connectivity index (χ2n) is 3.94. The SMILES string of the molecule is C=CCC(C)C(OC(C)=O)c1ccccc1. The van der Waals surface area contributed by atoms with Gasteiger partial charge in [-0.1, -0.05) is 43.3 Å². The maximum Gasteiger partial charge on any atom is 0.303 e. The van der Waals surface area contributed by atoms with Crippen molar-refractivity contribution in [2.75, 3.05) is 0 Å². The Morgan fingerprint density at radius 3 is 2.56 bits per heavy atom. The zero-order chi connectivity index (χ0) is 12.0. The van der Waals surface area contributed by atoms with E-state index in [2.05, 4.69) is 13.5 Å². The van der Waals surface area contributed by atoms with E-state index in [-0.39, 0.29) is 18.0 Å². The molecule has 0 aliphatic rings. The van der Waals surface area contributed by atoms with Crippen molar-refractivity contribution in [2.24, 2.45) is 5.92 Å². The molecule has 16 heavy (non-hydrogen) atoms. The number of esters is 1. The number of carbonyl (C=O) groups is 1. The summed E-state index contributed by atoms with van der Waals surface area (Å²) in [6.45, 7) is 7.21. The number of hydrogen-bond acceptors (Lipinski definition) is 2. The summed E-state index contributed by atoms with van der Waals surface area (Å²) < 4.78 is 5.36. The fraction of sp³-hybridized carbons (Fsp3) is 0.357. The second-order valence-corrected chi connectivity index (χ2v) is 3.94. The van der Waals surface area contributed by atoms with Gasteiger partial charge in [-0.2, -0.15) is 0 Å². The average molecular weight is 218 g/mol. The molecule has 2 heteroatoms. The Hall–Kier alpha value is -1.57. The van der Waals surface area contributed by atoms with Crippen LogP contribution in [0.4, 0.5) is 0 Å². The zero-order valence-corrected chi connectivity index (χ0v) is 9.85. The Kier molecular flexibility index (Phi) is 4.77. The molecule has 2 atom stereocenters. The highest BCUT2D eigenvalue weighted by Gasteiger charge is 2.20. The van der Waals surface area contributed by atoms with Gasteiger partial charge in [0.15, 0.2) is 0 Å². The van der Waals surface area contributed by atoms with Crippen LogP contribution in [0.2, 0.25) is 0 Å². The van der Waals surface area contributed by atoms with Gasteiger partial charge in [-0.25, -0.2) is 0 Å². The molecule has 2 nitrogen and oxygen atoms in total. The van der Waals surface area contributed by atoms with E-state index in [4.69, 9.17) is 4.74 Å². The standard InChI is InChI=1S/C14H18O2/c1-4-8-11(2)14(16-12(3)15)13-9-6-5-7-10-13/h4-7,9-11,14H,1,8H2,2-3H3. The Labute approximate surface area is 96.9 Å². The Bertz CT molecular complexity index is 343. The van der Waals surface area contributed by atoms with Crippen molar-refractivity contribution in [3.63, 3.8) is 0 Å². The van der Waals surface area contributed by atoms with Crippen molar-refractivity contribution in [1.82, 2.24) is 0 Å². The van der Waals surface area contributed by atoms with Gasteiger partial charge >= 0.3 is 5.97 Å². The molecule has 0 aliphatic carbocycles. The summed E-state index contributed by atoms with van der Waals surface area (Å²) in [6.07, 6.45) is 2.49. The number of allylic oxidation sites excluding steroid dienone is 1. The lowest BCUT2D eigenvalue weighted by molar-refractivity contribution is -0.149. The van der Waals surface area contributed by atoms with Crippen LogP contribution in [0.15, 0.2) is 43.0 Å². The Morgan fingerprint density at radius 2 is 2.06 bits per heavy atom. The lowest BCUT2D eigenvalue weighted by Gasteiger charge is -2.23. The normalized spacial score (nSPS) is 13.9. The number of carbonyl (C=O) groups excluding carboxylic acids is 1. The molecule has 0 saturated carbocycles. The van der Waals surface area contributed by atoms with Gasteiger partial charge in [-0.3, -0.25) is 4.79 Å². The van der Waals surface area contributed by atoms with E-state index in [1.807, 2.05) is 36.4 Å². The first-order valence-corrected chi connectivity index (χ1v) is 5.48. The quantitative estimate of drug-likeness (QED) is 0.558. The van der Waals surface area contributed by atoms with Crippen molar-refractivity contribution < 1.29 is 9.53 Å². The molecule has 0 N–H and O–H groups in total. The van der Waals surface area contributed by atoms with E-state index in [1.165, 1.54) is 6.92 Å². The predicted molar refractivity (Wildman–Crippen MR) is 64.9 cm³/mol. The smallest absolute Gasteiger partial charge is 0.303 e. The van der Waals surface area contributed by atoms with Crippen molar-refractivity contribution >= 4 is 5.97 Å². The number of rotatable bonds is 5. The number of ether oxygens (including phenoxy) is 1. The maximum atomic E-state index is 11.1. The topological polar surface area (TPSA) is 26.3 Å². The number of hydrogen-bond donors (Lipinski definition) is 0. The predicted octanol–water partition coefficient (Wildman–Crippen LogP) is 3.50. The highest BCUT2D eigenvalue weighted by molar-refractivity contribution is 5.66. The third-order valence-corrected chi connectivity index (χ3v) is 2.48. The van der Waals surface area contributed by atoms with Gasteiger partial charge < -0.3 is 4.74 Å². The van der Waals surface area contributed by atoms with Gasteiger partial charge in [0.2, 0.25) is 0 Å². The zero-order valence-electron chi connectivity index (χ0n) is 9.85. The van der Waals surface area contributed by atoms with Crippen LogP contribution in [0.1, 0.15) is 31.9 Å². The Morgan fingerprint density at radius 1 is 1.44 bits per heavy atom. The van der Waals surface area contributed by atoms with E-state index in [1.54, 1.807) is 0 Å². The van der Waals surface area contributed by atoms with Crippen molar-refractivity contribution in [2.45, 2.75) is 26.4 Å². The molecule has 1 rings (SSSR count). The summed E-state index contributed by atoms with van der Waals surface area (Å²) in [5.74, 6) is -0.00596. The first-order valence-electron chi connectivity index (χ1n) is 5.48. The van der Waals surface area contributed by atoms with E-state index in [0.29, 0.717) is 0 Å². The van der Waals surface area contributed by atoms with Crippen LogP contribution in [0.25, 0.3) is 0 Å². The highest BCUT2D eigenvalue weighted by atomic mass is 16.5. The molecule has 1 aromatic rings. The molecule has 0 bridgehead atoms. The molecule has 0 aromatic heterocycles. The summed E-state index contributed by atoms with van der Waals surface area (Å²) in [7, 11) is 0. The van der Waals surface area contributed by atoms with Gasteiger partial charge in [0.1, 0.15) is 6.10 Å². The van der Waals surface area contributed by atoms with Crippen LogP contribution in [-0.2, 0) is 9.53 Å². The minimum Gasteiger partial charge on any atom is -0.457 e. The van der Waals surface area contributed by atoms with Gasteiger partial charge in [0.05, 0.1) is 0 Å². The molecule has 2 unspecified atom stereocenters. The van der Waals surface area contributed by atoms with Crippen LogP contribution in [0.5, 0.6) is 0 Å². The summed E-state index contributed by atoms with van der Waals surface area (Å²) in [5, 5.41) is 0. The molecular formula is C14H18O2. The first kappa shape index (κ1) is 12.5. The fourth-order valence-corrected chi connectivity index (χ4v) is 1.72. The van der Waals surface area contributed by atoms with Crippen molar-refractivity contribution in [3.05, 3.63) is 48.6 Å². The largest absolute Gasteiger partial charge is 0.457 e.